The Labute approximate surface area is 171 Å². The lowest BCUT2D eigenvalue weighted by atomic mass is 10.1. The molecule has 0 fully saturated rings. The first kappa shape index (κ1) is 19.7. The van der Waals surface area contributed by atoms with E-state index in [-0.39, 0.29) is 18.3 Å². The molecule has 0 N–H and O–H groups in total. The third-order valence-corrected chi connectivity index (χ3v) is 5.77. The number of aromatic nitrogens is 2. The Kier molecular flexibility index (Phi) is 5.22. The van der Waals surface area contributed by atoms with E-state index in [0.717, 1.165) is 10.4 Å². The number of amides is 1. The summed E-state index contributed by atoms with van der Waals surface area (Å²) in [5.74, 6) is -1.14. The normalized spacial score (nSPS) is 14.0. The van der Waals surface area contributed by atoms with Gasteiger partial charge in [0, 0.05) is 23.0 Å². The molecule has 11 heteroatoms. The van der Waals surface area contributed by atoms with Crippen molar-refractivity contribution in [1.82, 2.24) is 15.0 Å². The Morgan fingerprint density at radius 2 is 2.07 bits per heavy atom. The number of halogens is 4. The highest BCUT2D eigenvalue weighted by Gasteiger charge is 2.38. The molecule has 4 rings (SSSR count). The predicted octanol–water partition coefficient (Wildman–Crippen LogP) is 4.43. The predicted molar refractivity (Wildman–Crippen MR) is 98.7 cm³/mol. The number of carbonyl (C=O) groups is 1. The van der Waals surface area contributed by atoms with Gasteiger partial charge in [0.25, 0.3) is 5.91 Å². The molecule has 3 aromatic rings. The lowest BCUT2D eigenvalue weighted by molar-refractivity contribution is -0.159. The van der Waals surface area contributed by atoms with Gasteiger partial charge in [-0.25, -0.2) is 0 Å². The number of nitrogens with zero attached hydrogens (tertiary/aromatic N) is 3. The number of hydrogen-bond acceptors (Lipinski definition) is 6. The summed E-state index contributed by atoms with van der Waals surface area (Å²) in [6, 6.07) is 8.39. The molecule has 0 saturated heterocycles. The van der Waals surface area contributed by atoms with Crippen molar-refractivity contribution < 1.29 is 27.2 Å². The summed E-state index contributed by atoms with van der Waals surface area (Å²) < 4.78 is 47.7. The number of rotatable bonds is 4. The zero-order valence-corrected chi connectivity index (χ0v) is 16.3. The molecule has 0 unspecified atom stereocenters. The van der Waals surface area contributed by atoms with Crippen molar-refractivity contribution >= 4 is 28.8 Å². The van der Waals surface area contributed by atoms with Gasteiger partial charge in [-0.1, -0.05) is 16.8 Å². The maximum absolute atomic E-state index is 12.6. The lowest BCUT2D eigenvalue weighted by Crippen LogP contribution is -2.38. The molecular weight excluding hydrogens is 431 g/mol. The molecule has 0 aliphatic carbocycles. The third-order valence-electron chi connectivity index (χ3n) is 4.28. The summed E-state index contributed by atoms with van der Waals surface area (Å²) in [6.07, 6.45) is -4.09. The van der Waals surface area contributed by atoms with Crippen LogP contribution in [0.15, 0.2) is 34.9 Å². The number of thiophene rings is 1. The smallest absolute Gasteiger partial charge is 0.471 e. The van der Waals surface area contributed by atoms with E-state index in [1.54, 1.807) is 35.2 Å². The maximum Gasteiger partial charge on any atom is 0.471 e. The molecule has 3 heterocycles. The molecule has 0 bridgehead atoms. The minimum atomic E-state index is -4.69. The average molecular weight is 444 g/mol. The van der Waals surface area contributed by atoms with Crippen molar-refractivity contribution in [3.63, 3.8) is 0 Å². The van der Waals surface area contributed by atoms with Crippen molar-refractivity contribution in [1.29, 1.82) is 0 Å². The maximum atomic E-state index is 12.6. The summed E-state index contributed by atoms with van der Waals surface area (Å²) in [6.45, 7) is 0.724. The van der Waals surface area contributed by atoms with Gasteiger partial charge in [-0.05, 0) is 42.3 Å². The standard InChI is InChI=1S/C18H13ClF3N3O3S/c19-11-1-3-12(4-2-11)27-9-15(26)25-6-5-13-10(8-25)7-14(29-13)16-23-17(28-24-16)18(20,21)22/h1-4,7H,5-6,8-9H2. The number of benzene rings is 1. The monoisotopic (exact) mass is 443 g/mol. The van der Waals surface area contributed by atoms with Crippen molar-refractivity contribution in [3.05, 3.63) is 51.7 Å². The zero-order chi connectivity index (χ0) is 20.6. The fourth-order valence-electron chi connectivity index (χ4n) is 2.86. The number of alkyl halides is 3. The van der Waals surface area contributed by atoms with Crippen molar-refractivity contribution in [2.75, 3.05) is 13.2 Å². The number of fused-ring (bicyclic) bond motifs is 1. The topological polar surface area (TPSA) is 68.5 Å². The number of ether oxygens (including phenoxy) is 1. The van der Waals surface area contributed by atoms with E-state index < -0.39 is 12.1 Å². The number of carbonyl (C=O) groups excluding carboxylic acids is 1. The van der Waals surface area contributed by atoms with Crippen LogP contribution in [0.3, 0.4) is 0 Å². The molecule has 29 heavy (non-hydrogen) atoms. The van der Waals surface area contributed by atoms with Crippen LogP contribution in [0.5, 0.6) is 5.75 Å². The fraction of sp³-hybridized carbons (Fsp3) is 0.278. The molecule has 1 aromatic carbocycles. The second-order valence-corrected chi connectivity index (χ2v) is 7.86. The second kappa shape index (κ2) is 7.68. The van der Waals surface area contributed by atoms with Crippen LogP contribution in [-0.2, 0) is 23.9 Å². The summed E-state index contributed by atoms with van der Waals surface area (Å²) >= 11 is 7.12. The van der Waals surface area contributed by atoms with E-state index in [0.29, 0.717) is 35.2 Å². The van der Waals surface area contributed by atoms with E-state index in [1.165, 1.54) is 11.3 Å². The molecule has 1 amide bonds. The fourth-order valence-corrected chi connectivity index (χ4v) is 4.08. The van der Waals surface area contributed by atoms with Gasteiger partial charge in [-0.3, -0.25) is 4.79 Å². The van der Waals surface area contributed by atoms with Crippen LogP contribution < -0.4 is 4.74 Å². The second-order valence-electron chi connectivity index (χ2n) is 6.29. The highest BCUT2D eigenvalue weighted by molar-refractivity contribution is 7.15. The van der Waals surface area contributed by atoms with Crippen LogP contribution in [0.25, 0.3) is 10.7 Å². The molecular formula is C18H13ClF3N3O3S. The third kappa shape index (κ3) is 4.38. The molecule has 0 atom stereocenters. The number of hydrogen-bond donors (Lipinski definition) is 0. The van der Waals surface area contributed by atoms with Crippen LogP contribution in [0.4, 0.5) is 13.2 Å². The summed E-state index contributed by atoms with van der Waals surface area (Å²) in [5.41, 5.74) is 0.856. The first-order valence-electron chi connectivity index (χ1n) is 8.48. The average Bonchev–Trinajstić information content (AvgIpc) is 3.33. The lowest BCUT2D eigenvalue weighted by Gasteiger charge is -2.26. The van der Waals surface area contributed by atoms with Gasteiger partial charge >= 0.3 is 12.1 Å². The molecule has 6 nitrogen and oxygen atoms in total. The van der Waals surface area contributed by atoms with Crippen molar-refractivity contribution in [2.24, 2.45) is 0 Å². The van der Waals surface area contributed by atoms with Crippen LogP contribution in [0, 0.1) is 0 Å². The van der Waals surface area contributed by atoms with E-state index in [1.807, 2.05) is 0 Å². The van der Waals surface area contributed by atoms with E-state index in [9.17, 15) is 18.0 Å². The van der Waals surface area contributed by atoms with Gasteiger partial charge in [0.15, 0.2) is 6.61 Å². The van der Waals surface area contributed by atoms with Crippen molar-refractivity contribution in [2.45, 2.75) is 19.1 Å². The minimum absolute atomic E-state index is 0.110. The van der Waals surface area contributed by atoms with Gasteiger partial charge in [-0.2, -0.15) is 18.2 Å². The zero-order valence-electron chi connectivity index (χ0n) is 14.7. The van der Waals surface area contributed by atoms with Crippen molar-refractivity contribution in [3.8, 4) is 16.5 Å². The van der Waals surface area contributed by atoms with Gasteiger partial charge in [0.2, 0.25) is 5.82 Å². The van der Waals surface area contributed by atoms with E-state index >= 15 is 0 Å². The van der Waals surface area contributed by atoms with Crippen LogP contribution in [0.1, 0.15) is 16.3 Å². The Bertz CT molecular complexity index is 1030. The van der Waals surface area contributed by atoms with Gasteiger partial charge in [0.1, 0.15) is 5.75 Å². The molecule has 1 aliphatic rings. The molecule has 0 saturated carbocycles. The Morgan fingerprint density at radius 3 is 2.76 bits per heavy atom. The molecule has 2 aromatic heterocycles. The van der Waals surface area contributed by atoms with Crippen LogP contribution in [-0.4, -0.2) is 34.1 Å². The summed E-state index contributed by atoms with van der Waals surface area (Å²) in [7, 11) is 0. The Morgan fingerprint density at radius 1 is 1.31 bits per heavy atom. The first-order valence-corrected chi connectivity index (χ1v) is 9.68. The molecule has 1 aliphatic heterocycles. The molecule has 152 valence electrons. The van der Waals surface area contributed by atoms with E-state index in [4.69, 9.17) is 16.3 Å². The molecule has 0 radical (unpaired) electrons. The van der Waals surface area contributed by atoms with Crippen LogP contribution >= 0.6 is 22.9 Å². The van der Waals surface area contributed by atoms with Gasteiger partial charge < -0.3 is 14.2 Å². The van der Waals surface area contributed by atoms with Gasteiger partial charge in [0.05, 0.1) is 4.88 Å². The summed E-state index contributed by atoms with van der Waals surface area (Å²) in [4.78, 5) is 19.0. The first-order chi connectivity index (χ1) is 13.8. The Balaban J connectivity index is 1.41. The Hall–Kier alpha value is -2.59. The van der Waals surface area contributed by atoms with Gasteiger partial charge in [-0.15, -0.1) is 11.3 Å². The quantitative estimate of drug-likeness (QED) is 0.596. The van der Waals surface area contributed by atoms with E-state index in [2.05, 4.69) is 14.7 Å². The highest BCUT2D eigenvalue weighted by Crippen LogP contribution is 2.35. The molecule has 0 spiro atoms. The SMILES string of the molecule is O=C(COc1ccc(Cl)cc1)N1CCc2sc(-c3noc(C(F)(F)F)n3)cc2C1. The minimum Gasteiger partial charge on any atom is -0.484 e. The van der Waals surface area contributed by atoms with Crippen LogP contribution in [0.2, 0.25) is 5.02 Å². The largest absolute Gasteiger partial charge is 0.484 e. The highest BCUT2D eigenvalue weighted by atomic mass is 35.5. The summed E-state index contributed by atoms with van der Waals surface area (Å²) in [5, 5.41) is 3.99.